The summed E-state index contributed by atoms with van der Waals surface area (Å²) in [5.41, 5.74) is -1.50. The number of esters is 1. The molecular weight excluding hydrogens is 767 g/mol. The molecule has 18 nitrogen and oxygen atoms in total. The number of hydrogen-bond acceptors (Lipinski definition) is 13. The zero-order valence-corrected chi connectivity index (χ0v) is 34.2. The van der Waals surface area contributed by atoms with E-state index in [0.29, 0.717) is 45.8 Å². The molecule has 1 heterocycles. The molecule has 0 aromatic heterocycles. The number of carbonyl (C=O) groups excluding carboxylic acids is 7. The van der Waals surface area contributed by atoms with E-state index in [-0.39, 0.29) is 63.5 Å². The number of alkyl halides is 3. The van der Waals surface area contributed by atoms with Crippen LogP contribution in [0.5, 0.6) is 0 Å². The number of carboxylic acid groups (broad SMARTS) is 1. The van der Waals surface area contributed by atoms with Gasteiger partial charge in [-0.2, -0.15) is 13.2 Å². The van der Waals surface area contributed by atoms with Crippen LogP contribution in [0, 0.1) is 11.8 Å². The maximum Gasteiger partial charge on any atom is 0.430 e. The van der Waals surface area contributed by atoms with Crippen LogP contribution in [0.3, 0.4) is 0 Å². The Morgan fingerprint density at radius 1 is 0.825 bits per heavy atom. The molecule has 0 aromatic rings. The van der Waals surface area contributed by atoms with Crippen LogP contribution in [-0.4, -0.2) is 169 Å². The second-order valence-electron chi connectivity index (χ2n) is 14.9. The Bertz CT molecular complexity index is 1260. The molecule has 1 saturated heterocycles. The number of carbonyl (C=O) groups is 7. The summed E-state index contributed by atoms with van der Waals surface area (Å²) < 4.78 is 59.4. The number of amides is 4. The van der Waals surface area contributed by atoms with Crippen molar-refractivity contribution in [2.24, 2.45) is 11.8 Å². The van der Waals surface area contributed by atoms with Crippen LogP contribution >= 0.6 is 0 Å². The van der Waals surface area contributed by atoms with Gasteiger partial charge in [-0.15, -0.1) is 0 Å². The van der Waals surface area contributed by atoms with Gasteiger partial charge < -0.3 is 63.7 Å². The Labute approximate surface area is 332 Å². The van der Waals surface area contributed by atoms with Crippen LogP contribution in [-0.2, 0) is 52.5 Å². The number of aliphatic carboxylic acids is 1. The predicted molar refractivity (Wildman–Crippen MR) is 195 cm³/mol. The Kier molecular flexibility index (Phi) is 25.6. The molecule has 21 heteroatoms. The maximum atomic E-state index is 13.3. The molecule has 2 atom stereocenters. The fourth-order valence-electron chi connectivity index (χ4n) is 4.91. The van der Waals surface area contributed by atoms with E-state index in [0.717, 1.165) is 30.3 Å². The molecule has 1 aliphatic rings. The van der Waals surface area contributed by atoms with Crippen LogP contribution in [0.4, 0.5) is 18.0 Å². The number of nitrogens with zero attached hydrogens (tertiary/aromatic N) is 2. The van der Waals surface area contributed by atoms with E-state index in [1.54, 1.807) is 18.7 Å². The number of quaternary nitrogens is 1. The molecule has 2 unspecified atom stereocenters. The first-order valence-corrected chi connectivity index (χ1v) is 18.8. The van der Waals surface area contributed by atoms with Crippen molar-refractivity contribution in [3.63, 3.8) is 0 Å². The van der Waals surface area contributed by atoms with E-state index < -0.39 is 47.6 Å². The average molecular weight is 830 g/mol. The Balaban J connectivity index is 0.00000407. The van der Waals surface area contributed by atoms with Gasteiger partial charge in [0.25, 0.3) is 0 Å². The number of rotatable bonds is 26. The standard InChI is InChI=1S/C34H61N5O11.C2HF3O2/c1-26(2)27(25-40)37-31(43)30(32(44)38-15-8-9-16-38)34(3,4)50-33(45)36-14-20-47-22-24-48-23-21-46-19-12-28(41)35-13-11-29(42)49-18-10-17-39(5,6)7;3-2(4,5)1(6)7/h25-27,30H,8-24H2,1-7H3,(H2-,35,36,37,41,43,45);(H,6,7). The molecule has 4 amide bonds. The third-order valence-electron chi connectivity index (χ3n) is 8.00. The molecule has 0 radical (unpaired) electrons. The van der Waals surface area contributed by atoms with Crippen molar-refractivity contribution in [3.8, 4) is 0 Å². The average Bonchev–Trinajstić information content (AvgIpc) is 3.64. The first kappa shape index (κ1) is 52.9. The van der Waals surface area contributed by atoms with Crippen molar-refractivity contribution in [1.29, 1.82) is 0 Å². The summed E-state index contributed by atoms with van der Waals surface area (Å²) in [5, 5.41) is 16.6. The number of likely N-dealkylation sites (tertiary alicyclic amines) is 1. The minimum Gasteiger partial charge on any atom is -0.542 e. The molecule has 1 rings (SSSR count). The smallest absolute Gasteiger partial charge is 0.430 e. The molecule has 330 valence electrons. The van der Waals surface area contributed by atoms with Crippen molar-refractivity contribution >= 4 is 42.0 Å². The quantitative estimate of drug-likeness (QED) is 0.0342. The highest BCUT2D eigenvalue weighted by Gasteiger charge is 2.47. The molecule has 0 spiro atoms. The Morgan fingerprint density at radius 3 is 1.88 bits per heavy atom. The number of hydrogen-bond donors (Lipinski definition) is 3. The van der Waals surface area contributed by atoms with E-state index in [2.05, 4.69) is 37.1 Å². The molecule has 0 saturated carbocycles. The lowest BCUT2D eigenvalue weighted by atomic mass is 9.87. The van der Waals surface area contributed by atoms with Gasteiger partial charge >= 0.3 is 18.2 Å². The summed E-state index contributed by atoms with van der Waals surface area (Å²) in [6, 6.07) is -0.781. The molecule has 57 heavy (non-hydrogen) atoms. The van der Waals surface area contributed by atoms with Gasteiger partial charge in [-0.3, -0.25) is 19.2 Å². The van der Waals surface area contributed by atoms with Crippen molar-refractivity contribution in [2.45, 2.75) is 77.6 Å². The minimum atomic E-state index is -5.19. The number of ether oxygens (including phenoxy) is 5. The maximum absolute atomic E-state index is 13.3. The summed E-state index contributed by atoms with van der Waals surface area (Å²) >= 11 is 0. The largest absolute Gasteiger partial charge is 0.542 e. The number of carboxylic acids is 1. The van der Waals surface area contributed by atoms with Gasteiger partial charge in [0, 0.05) is 39.0 Å². The normalized spacial score (nSPS) is 14.1. The highest BCUT2D eigenvalue weighted by Crippen LogP contribution is 2.26. The monoisotopic (exact) mass is 829 g/mol. The van der Waals surface area contributed by atoms with Gasteiger partial charge in [-0.05, 0) is 32.6 Å². The molecule has 1 aliphatic heterocycles. The number of aldehydes is 1. The number of alkyl carbamates (subject to hydrolysis) is 1. The Morgan fingerprint density at radius 2 is 1.37 bits per heavy atom. The van der Waals surface area contributed by atoms with Crippen molar-refractivity contribution in [1.82, 2.24) is 20.9 Å². The van der Waals surface area contributed by atoms with E-state index in [1.807, 2.05) is 0 Å². The summed E-state index contributed by atoms with van der Waals surface area (Å²) in [4.78, 5) is 84.7. The third-order valence-corrected chi connectivity index (χ3v) is 8.00. The van der Waals surface area contributed by atoms with Crippen LogP contribution in [0.15, 0.2) is 0 Å². The van der Waals surface area contributed by atoms with Crippen molar-refractivity contribution in [3.05, 3.63) is 0 Å². The summed E-state index contributed by atoms with van der Waals surface area (Å²) in [6.45, 7) is 10.7. The summed E-state index contributed by atoms with van der Waals surface area (Å²) in [7, 11) is 6.22. The number of halogens is 3. The number of nitrogens with one attached hydrogen (secondary N) is 3. The predicted octanol–water partition coefficient (Wildman–Crippen LogP) is -0.0462. The fourth-order valence-corrected chi connectivity index (χ4v) is 4.91. The second kappa shape index (κ2) is 27.5. The SMILES string of the molecule is CC(C)C(C=O)NC(=O)C(C(=O)N1CCCC1)C(C)(C)OC(=O)NCCOCCOCCOCCC(=O)NCCC(=O)OCCC[N+](C)(C)C.O=C([O-])C(F)(F)F. The first-order valence-electron chi connectivity index (χ1n) is 18.8. The summed E-state index contributed by atoms with van der Waals surface area (Å²) in [6.07, 6.45) is -2.66. The molecule has 1 fully saturated rings. The van der Waals surface area contributed by atoms with E-state index in [1.165, 1.54) is 13.8 Å². The first-order chi connectivity index (χ1) is 26.5. The van der Waals surface area contributed by atoms with Crippen molar-refractivity contribution in [2.75, 3.05) is 100 Å². The van der Waals surface area contributed by atoms with Crippen molar-refractivity contribution < 1.29 is 80.0 Å². The minimum absolute atomic E-state index is 0.121. The molecule has 0 aliphatic carbocycles. The second-order valence-corrected chi connectivity index (χ2v) is 14.9. The molecular formula is C36H62F3N5O13. The lowest BCUT2D eigenvalue weighted by Crippen LogP contribution is -2.56. The lowest BCUT2D eigenvalue weighted by Gasteiger charge is -2.35. The zero-order chi connectivity index (χ0) is 43.7. The van der Waals surface area contributed by atoms with E-state index in [9.17, 15) is 41.9 Å². The van der Waals surface area contributed by atoms with Crippen LogP contribution in [0.1, 0.15) is 59.8 Å². The van der Waals surface area contributed by atoms with Crippen LogP contribution in [0.2, 0.25) is 0 Å². The van der Waals surface area contributed by atoms with Gasteiger partial charge in [-0.25, -0.2) is 4.79 Å². The van der Waals surface area contributed by atoms with Crippen LogP contribution < -0.4 is 21.1 Å². The molecule has 3 N–H and O–H groups in total. The lowest BCUT2D eigenvalue weighted by molar-refractivity contribution is -0.870. The Hall–Kier alpha value is -4.08. The third kappa shape index (κ3) is 25.7. The topological polar surface area (TPSA) is 228 Å². The zero-order valence-electron chi connectivity index (χ0n) is 34.2. The van der Waals surface area contributed by atoms with E-state index in [4.69, 9.17) is 33.6 Å². The van der Waals surface area contributed by atoms with Gasteiger partial charge in [-0.1, -0.05) is 13.8 Å². The highest BCUT2D eigenvalue weighted by molar-refractivity contribution is 6.02. The molecule has 0 bridgehead atoms. The van der Waals surface area contributed by atoms with Gasteiger partial charge in [0.05, 0.1) is 86.4 Å². The van der Waals surface area contributed by atoms with Gasteiger partial charge in [0.2, 0.25) is 17.7 Å². The van der Waals surface area contributed by atoms with Gasteiger partial charge in [0.1, 0.15) is 17.9 Å². The summed E-state index contributed by atoms with van der Waals surface area (Å²) in [5.74, 6) is -6.19. The van der Waals surface area contributed by atoms with Crippen LogP contribution in [0.25, 0.3) is 0 Å². The van der Waals surface area contributed by atoms with Gasteiger partial charge in [0.15, 0.2) is 5.92 Å². The highest BCUT2D eigenvalue weighted by atomic mass is 19.4. The molecule has 0 aromatic carbocycles. The van der Waals surface area contributed by atoms with E-state index >= 15 is 0 Å². The fraction of sp³-hybridized carbons (Fsp3) is 0.806.